The summed E-state index contributed by atoms with van der Waals surface area (Å²) in [7, 11) is 1.70. The summed E-state index contributed by atoms with van der Waals surface area (Å²) < 4.78 is 5.01. The quantitative estimate of drug-likeness (QED) is 0.828. The molecule has 0 aliphatic rings. The molecule has 2 rings (SSSR count). The molecule has 0 saturated heterocycles. The lowest BCUT2D eigenvalue weighted by molar-refractivity contribution is 0.199. The largest absolute Gasteiger partial charge is 0.383 e. The van der Waals surface area contributed by atoms with Crippen LogP contribution >= 0.6 is 22.9 Å². The first-order valence-electron chi connectivity index (χ1n) is 6.13. The number of aryl methyl sites for hydroxylation is 1. The van der Waals surface area contributed by atoms with Crippen molar-refractivity contribution in [2.45, 2.75) is 13.5 Å². The summed E-state index contributed by atoms with van der Waals surface area (Å²) in [4.78, 5) is 5.85. The fourth-order valence-electron chi connectivity index (χ4n) is 1.72. The highest BCUT2D eigenvalue weighted by Crippen LogP contribution is 2.32. The Bertz CT molecular complexity index is 542. The number of benzene rings is 1. The van der Waals surface area contributed by atoms with Gasteiger partial charge in [0.25, 0.3) is 0 Å². The Morgan fingerprint density at radius 3 is 2.89 bits per heavy atom. The normalized spacial score (nSPS) is 10.9. The highest BCUT2D eigenvalue weighted by atomic mass is 35.5. The number of nitrogens with zero attached hydrogens (tertiary/aromatic N) is 1. The van der Waals surface area contributed by atoms with E-state index in [2.05, 4.69) is 10.3 Å². The molecule has 0 atom stereocenters. The van der Waals surface area contributed by atoms with E-state index in [0.717, 1.165) is 41.0 Å². The van der Waals surface area contributed by atoms with Crippen LogP contribution in [0.3, 0.4) is 0 Å². The Morgan fingerprint density at radius 1 is 1.37 bits per heavy atom. The molecular formula is C14H17ClN2OS. The van der Waals surface area contributed by atoms with Crippen LogP contribution in [0.4, 0.5) is 0 Å². The minimum atomic E-state index is 0.717. The van der Waals surface area contributed by atoms with Crippen LogP contribution in [0.15, 0.2) is 24.3 Å². The topological polar surface area (TPSA) is 34.1 Å². The zero-order valence-electron chi connectivity index (χ0n) is 11.1. The van der Waals surface area contributed by atoms with Crippen LogP contribution in [0.2, 0.25) is 5.02 Å². The smallest absolute Gasteiger partial charge is 0.125 e. The predicted octanol–water partition coefficient (Wildman–Crippen LogP) is 3.51. The van der Waals surface area contributed by atoms with Crippen molar-refractivity contribution in [3.05, 3.63) is 39.9 Å². The van der Waals surface area contributed by atoms with Gasteiger partial charge in [0.05, 0.1) is 17.3 Å². The predicted molar refractivity (Wildman–Crippen MR) is 80.9 cm³/mol. The van der Waals surface area contributed by atoms with Crippen LogP contribution in [0.25, 0.3) is 10.6 Å². The number of rotatable bonds is 6. The van der Waals surface area contributed by atoms with Crippen molar-refractivity contribution in [1.82, 2.24) is 10.3 Å². The van der Waals surface area contributed by atoms with Gasteiger partial charge in [-0.2, -0.15) is 0 Å². The van der Waals surface area contributed by atoms with E-state index in [4.69, 9.17) is 16.3 Å². The zero-order valence-corrected chi connectivity index (χ0v) is 12.6. The van der Waals surface area contributed by atoms with Crippen LogP contribution in [0, 0.1) is 6.92 Å². The van der Waals surface area contributed by atoms with Crippen molar-refractivity contribution < 1.29 is 4.74 Å². The lowest BCUT2D eigenvalue weighted by atomic mass is 10.2. The van der Waals surface area contributed by atoms with Crippen molar-refractivity contribution >= 4 is 22.9 Å². The van der Waals surface area contributed by atoms with Crippen LogP contribution < -0.4 is 5.32 Å². The summed E-state index contributed by atoms with van der Waals surface area (Å²) >= 11 is 7.89. The monoisotopic (exact) mass is 296 g/mol. The van der Waals surface area contributed by atoms with Gasteiger partial charge in [-0.1, -0.05) is 29.8 Å². The summed E-state index contributed by atoms with van der Waals surface area (Å²) in [5.41, 5.74) is 2.06. The second-order valence-corrected chi connectivity index (χ2v) is 5.67. The minimum absolute atomic E-state index is 0.717. The Hall–Kier alpha value is -0.940. The summed E-state index contributed by atoms with van der Waals surface area (Å²) in [6.45, 7) is 4.41. The maximum Gasteiger partial charge on any atom is 0.125 e. The lowest BCUT2D eigenvalue weighted by Crippen LogP contribution is -2.18. The van der Waals surface area contributed by atoms with E-state index in [9.17, 15) is 0 Å². The van der Waals surface area contributed by atoms with E-state index in [1.54, 1.807) is 18.4 Å². The van der Waals surface area contributed by atoms with E-state index >= 15 is 0 Å². The first-order valence-corrected chi connectivity index (χ1v) is 7.32. The first kappa shape index (κ1) is 14.5. The first-order chi connectivity index (χ1) is 9.22. The molecule has 19 heavy (non-hydrogen) atoms. The number of aromatic nitrogens is 1. The van der Waals surface area contributed by atoms with E-state index in [0.29, 0.717) is 0 Å². The molecule has 0 spiro atoms. The second kappa shape index (κ2) is 7.01. The molecule has 1 aromatic carbocycles. The fraction of sp³-hybridized carbons (Fsp3) is 0.357. The van der Waals surface area contributed by atoms with Crippen LogP contribution in [0.1, 0.15) is 10.6 Å². The SMILES string of the molecule is COCCNCc1sc(-c2ccccc2Cl)nc1C. The second-order valence-electron chi connectivity index (χ2n) is 4.18. The Morgan fingerprint density at radius 2 is 2.16 bits per heavy atom. The van der Waals surface area contributed by atoms with Crippen LogP contribution in [-0.4, -0.2) is 25.2 Å². The summed E-state index contributed by atoms with van der Waals surface area (Å²) in [6.07, 6.45) is 0. The highest BCUT2D eigenvalue weighted by molar-refractivity contribution is 7.15. The average molecular weight is 297 g/mol. The van der Waals surface area contributed by atoms with Crippen molar-refractivity contribution in [2.24, 2.45) is 0 Å². The molecule has 0 aliphatic carbocycles. The molecule has 0 amide bonds. The zero-order chi connectivity index (χ0) is 13.7. The Kier molecular flexibility index (Phi) is 5.34. The fourth-order valence-corrected chi connectivity index (χ4v) is 3.07. The van der Waals surface area contributed by atoms with E-state index in [1.165, 1.54) is 4.88 Å². The number of halogens is 1. The summed E-state index contributed by atoms with van der Waals surface area (Å²) in [5.74, 6) is 0. The molecule has 0 saturated carbocycles. The number of methoxy groups -OCH3 is 1. The van der Waals surface area contributed by atoms with Crippen molar-refractivity contribution in [3.8, 4) is 10.6 Å². The molecule has 5 heteroatoms. The molecule has 0 fully saturated rings. The van der Waals surface area contributed by atoms with Gasteiger partial charge in [-0.3, -0.25) is 0 Å². The molecule has 3 nitrogen and oxygen atoms in total. The number of ether oxygens (including phenoxy) is 1. The standard InChI is InChI=1S/C14H17ClN2OS/c1-10-13(9-16-7-8-18-2)19-14(17-10)11-5-3-4-6-12(11)15/h3-6,16H,7-9H2,1-2H3. The number of thiazole rings is 1. The van der Waals surface area contributed by atoms with Crippen LogP contribution in [0.5, 0.6) is 0 Å². The lowest BCUT2D eigenvalue weighted by Gasteiger charge is -2.01. The highest BCUT2D eigenvalue weighted by Gasteiger charge is 2.11. The summed E-state index contributed by atoms with van der Waals surface area (Å²) in [6, 6.07) is 7.81. The molecule has 1 N–H and O–H groups in total. The van der Waals surface area contributed by atoms with Crippen LogP contribution in [-0.2, 0) is 11.3 Å². The molecule has 0 radical (unpaired) electrons. The van der Waals surface area contributed by atoms with E-state index in [1.807, 2.05) is 31.2 Å². The molecule has 0 bridgehead atoms. The van der Waals surface area contributed by atoms with Gasteiger partial charge in [0.1, 0.15) is 5.01 Å². The van der Waals surface area contributed by atoms with Gasteiger partial charge in [-0.15, -0.1) is 11.3 Å². The molecular weight excluding hydrogens is 280 g/mol. The van der Waals surface area contributed by atoms with Gasteiger partial charge in [0.2, 0.25) is 0 Å². The molecule has 1 heterocycles. The number of nitrogens with one attached hydrogen (secondary N) is 1. The van der Waals surface area contributed by atoms with Gasteiger partial charge in [-0.05, 0) is 13.0 Å². The number of hydrogen-bond donors (Lipinski definition) is 1. The third-order valence-electron chi connectivity index (χ3n) is 2.77. The van der Waals surface area contributed by atoms with Gasteiger partial charge in [0.15, 0.2) is 0 Å². The number of hydrogen-bond acceptors (Lipinski definition) is 4. The third kappa shape index (κ3) is 3.76. The maximum absolute atomic E-state index is 6.20. The molecule has 102 valence electrons. The molecule has 1 aromatic heterocycles. The average Bonchev–Trinajstić information content (AvgIpc) is 2.77. The van der Waals surface area contributed by atoms with Crippen molar-refractivity contribution in [2.75, 3.05) is 20.3 Å². The summed E-state index contributed by atoms with van der Waals surface area (Å²) in [5, 5.41) is 5.06. The minimum Gasteiger partial charge on any atom is -0.383 e. The van der Waals surface area contributed by atoms with Crippen molar-refractivity contribution in [1.29, 1.82) is 0 Å². The third-order valence-corrected chi connectivity index (χ3v) is 4.29. The van der Waals surface area contributed by atoms with Gasteiger partial charge in [-0.25, -0.2) is 4.98 Å². The van der Waals surface area contributed by atoms with E-state index < -0.39 is 0 Å². The maximum atomic E-state index is 6.20. The van der Waals surface area contributed by atoms with E-state index in [-0.39, 0.29) is 0 Å². The van der Waals surface area contributed by atoms with Gasteiger partial charge < -0.3 is 10.1 Å². The van der Waals surface area contributed by atoms with Gasteiger partial charge in [0, 0.05) is 30.6 Å². The Balaban J connectivity index is 2.10. The van der Waals surface area contributed by atoms with Crippen molar-refractivity contribution in [3.63, 3.8) is 0 Å². The van der Waals surface area contributed by atoms with Gasteiger partial charge >= 0.3 is 0 Å². The molecule has 0 aliphatic heterocycles. The molecule has 2 aromatic rings. The molecule has 0 unspecified atom stereocenters. The Labute approximate surface area is 122 Å².